The largest absolute Gasteiger partial charge is 0.369 e. The molecule has 3 atom stereocenters. The summed E-state index contributed by atoms with van der Waals surface area (Å²) in [5.41, 5.74) is 0. The van der Waals surface area contributed by atoms with Gasteiger partial charge in [0, 0.05) is 5.92 Å². The lowest BCUT2D eigenvalue weighted by Crippen LogP contribution is -2.25. The predicted octanol–water partition coefficient (Wildman–Crippen LogP) is 3.33. The molecule has 0 aromatic carbocycles. The van der Waals surface area contributed by atoms with E-state index in [4.69, 9.17) is 13.8 Å². The smallest absolute Gasteiger partial charge is 0.359 e. The molecular formula is C12H21O4P. The van der Waals surface area contributed by atoms with Crippen molar-refractivity contribution in [3.63, 3.8) is 0 Å². The van der Waals surface area contributed by atoms with Crippen molar-refractivity contribution in [3.05, 3.63) is 11.4 Å². The lowest BCUT2D eigenvalue weighted by atomic mass is 10.0. The second kappa shape index (κ2) is 5.23. The molecule has 1 fully saturated rings. The van der Waals surface area contributed by atoms with Gasteiger partial charge in [-0.05, 0) is 26.7 Å². The summed E-state index contributed by atoms with van der Waals surface area (Å²) in [4.78, 5) is 0. The average Bonchev–Trinajstić information content (AvgIpc) is 2.69. The molecule has 0 unspecified atom stereocenters. The highest BCUT2D eigenvalue weighted by Crippen LogP contribution is 2.61. The average molecular weight is 260 g/mol. The van der Waals surface area contributed by atoms with Crippen molar-refractivity contribution in [1.82, 2.24) is 0 Å². The highest BCUT2D eigenvalue weighted by molar-refractivity contribution is 7.58. The normalized spacial score (nSPS) is 32.6. The van der Waals surface area contributed by atoms with Gasteiger partial charge in [-0.2, -0.15) is 0 Å². The number of fused-ring (bicyclic) bond motifs is 2. The van der Waals surface area contributed by atoms with E-state index in [9.17, 15) is 4.57 Å². The van der Waals surface area contributed by atoms with Gasteiger partial charge in [-0.3, -0.25) is 4.57 Å². The van der Waals surface area contributed by atoms with Crippen LogP contribution in [0.15, 0.2) is 11.4 Å². The quantitative estimate of drug-likeness (QED) is 0.711. The Balaban J connectivity index is 2.26. The van der Waals surface area contributed by atoms with Gasteiger partial charge in [-0.15, -0.1) is 0 Å². The Morgan fingerprint density at radius 1 is 1.35 bits per heavy atom. The van der Waals surface area contributed by atoms with Gasteiger partial charge < -0.3 is 13.8 Å². The summed E-state index contributed by atoms with van der Waals surface area (Å²) in [6.07, 6.45) is 4.20. The molecule has 0 saturated carbocycles. The minimum absolute atomic E-state index is 0.0693. The lowest BCUT2D eigenvalue weighted by molar-refractivity contribution is 0.0325. The third-order valence-electron chi connectivity index (χ3n) is 3.32. The molecule has 2 rings (SSSR count). The molecular weight excluding hydrogens is 239 g/mol. The molecule has 17 heavy (non-hydrogen) atoms. The maximum absolute atomic E-state index is 12.7. The molecule has 0 N–H and O–H groups in total. The van der Waals surface area contributed by atoms with Gasteiger partial charge in [0.2, 0.25) is 0 Å². The number of rotatable bonds is 5. The van der Waals surface area contributed by atoms with Crippen molar-refractivity contribution < 1.29 is 18.3 Å². The van der Waals surface area contributed by atoms with Crippen molar-refractivity contribution in [1.29, 1.82) is 0 Å². The van der Waals surface area contributed by atoms with Gasteiger partial charge in [-0.25, -0.2) is 0 Å². The van der Waals surface area contributed by atoms with Crippen molar-refractivity contribution in [2.45, 2.75) is 45.8 Å². The Kier molecular flexibility index (Phi) is 4.09. The van der Waals surface area contributed by atoms with E-state index >= 15 is 0 Å². The molecule has 4 nitrogen and oxygen atoms in total. The summed E-state index contributed by atoms with van der Waals surface area (Å²) >= 11 is 0. The first-order valence-corrected chi connectivity index (χ1v) is 7.91. The Morgan fingerprint density at radius 2 is 2.00 bits per heavy atom. The lowest BCUT2D eigenvalue weighted by Gasteiger charge is -2.30. The fourth-order valence-corrected chi connectivity index (χ4v) is 4.56. The predicted molar refractivity (Wildman–Crippen MR) is 66.0 cm³/mol. The van der Waals surface area contributed by atoms with E-state index < -0.39 is 7.60 Å². The first kappa shape index (κ1) is 13.3. The van der Waals surface area contributed by atoms with Gasteiger partial charge in [0.15, 0.2) is 0 Å². The van der Waals surface area contributed by atoms with Gasteiger partial charge in [-0.1, -0.05) is 13.0 Å². The van der Waals surface area contributed by atoms with Gasteiger partial charge in [0.05, 0.1) is 30.7 Å². The van der Waals surface area contributed by atoms with Crippen LogP contribution >= 0.6 is 7.60 Å². The summed E-state index contributed by atoms with van der Waals surface area (Å²) < 4.78 is 29.4. The van der Waals surface area contributed by atoms with Crippen molar-refractivity contribution in [3.8, 4) is 0 Å². The van der Waals surface area contributed by atoms with Gasteiger partial charge in [0.25, 0.3) is 0 Å². The van der Waals surface area contributed by atoms with Crippen molar-refractivity contribution >= 4 is 7.60 Å². The molecule has 0 aromatic heterocycles. The van der Waals surface area contributed by atoms with Crippen LogP contribution in [0.2, 0.25) is 0 Å². The fourth-order valence-electron chi connectivity index (χ4n) is 2.55. The monoisotopic (exact) mass is 260 g/mol. The van der Waals surface area contributed by atoms with E-state index in [-0.39, 0.29) is 18.1 Å². The molecule has 0 radical (unpaired) electrons. The second-order valence-corrected chi connectivity index (χ2v) is 6.55. The van der Waals surface area contributed by atoms with E-state index in [2.05, 4.69) is 6.92 Å². The van der Waals surface area contributed by atoms with Crippen LogP contribution in [-0.4, -0.2) is 25.4 Å². The second-order valence-electron chi connectivity index (χ2n) is 4.52. The summed E-state index contributed by atoms with van der Waals surface area (Å²) in [5.74, 6) is 0.290. The van der Waals surface area contributed by atoms with Crippen LogP contribution in [0, 0.1) is 5.92 Å². The van der Waals surface area contributed by atoms with Crippen LogP contribution in [0.4, 0.5) is 0 Å². The molecule has 0 aromatic rings. The van der Waals surface area contributed by atoms with Crippen LogP contribution in [0.5, 0.6) is 0 Å². The third kappa shape index (κ3) is 2.50. The van der Waals surface area contributed by atoms with Crippen molar-refractivity contribution in [2.24, 2.45) is 5.92 Å². The van der Waals surface area contributed by atoms with E-state index in [1.807, 2.05) is 19.9 Å². The fraction of sp³-hybridized carbons (Fsp3) is 0.833. The molecule has 2 heterocycles. The van der Waals surface area contributed by atoms with Gasteiger partial charge in [0.1, 0.15) is 0 Å². The van der Waals surface area contributed by atoms with Crippen molar-refractivity contribution in [2.75, 3.05) is 13.2 Å². The molecule has 0 aliphatic carbocycles. The van der Waals surface area contributed by atoms with Crippen LogP contribution in [-0.2, 0) is 18.3 Å². The maximum Gasteiger partial charge on any atom is 0.359 e. The Morgan fingerprint density at radius 3 is 2.59 bits per heavy atom. The molecule has 2 aliphatic rings. The van der Waals surface area contributed by atoms with Crippen LogP contribution < -0.4 is 0 Å². The molecule has 0 amide bonds. The van der Waals surface area contributed by atoms with Crippen LogP contribution in [0.1, 0.15) is 33.6 Å². The number of hydrogen-bond donors (Lipinski definition) is 0. The number of hydrogen-bond acceptors (Lipinski definition) is 4. The SMILES string of the molecule is CCOP(=O)(OCC)C1=C[C@@H](C)[C@@H]2CC[C@H]1O2. The van der Waals surface area contributed by atoms with E-state index in [1.54, 1.807) is 0 Å². The Labute approximate surface area is 103 Å². The third-order valence-corrected chi connectivity index (χ3v) is 5.58. The zero-order valence-electron chi connectivity index (χ0n) is 10.7. The first-order chi connectivity index (χ1) is 8.10. The number of ether oxygens (including phenoxy) is 1. The Bertz CT molecular complexity index is 342. The molecule has 5 heteroatoms. The minimum Gasteiger partial charge on any atom is -0.369 e. The Hall–Kier alpha value is -0.150. The maximum atomic E-state index is 12.7. The standard InChI is InChI=1S/C12H21O4P/c1-4-14-17(13,15-5-2)12-8-9(3)10-6-7-11(12)16-10/h8-11H,4-7H2,1-3H3/t9-,10+,11-/m1/s1. The van der Waals surface area contributed by atoms with E-state index in [0.29, 0.717) is 13.2 Å². The highest BCUT2D eigenvalue weighted by atomic mass is 31.2. The zero-order valence-corrected chi connectivity index (χ0v) is 11.6. The van der Waals surface area contributed by atoms with E-state index in [0.717, 1.165) is 18.2 Å². The summed E-state index contributed by atoms with van der Waals surface area (Å²) in [5, 5.41) is 0.738. The molecule has 0 spiro atoms. The summed E-state index contributed by atoms with van der Waals surface area (Å²) in [6, 6.07) is 0. The minimum atomic E-state index is -3.14. The molecule has 2 bridgehead atoms. The summed E-state index contributed by atoms with van der Waals surface area (Å²) in [7, 11) is -3.14. The topological polar surface area (TPSA) is 44.8 Å². The van der Waals surface area contributed by atoms with Crippen LogP contribution in [0.3, 0.4) is 0 Å². The van der Waals surface area contributed by atoms with Gasteiger partial charge >= 0.3 is 7.60 Å². The molecule has 2 aliphatic heterocycles. The summed E-state index contributed by atoms with van der Waals surface area (Å²) in [6.45, 7) is 6.53. The zero-order chi connectivity index (χ0) is 12.5. The van der Waals surface area contributed by atoms with Crippen LogP contribution in [0.25, 0.3) is 0 Å². The first-order valence-electron chi connectivity index (χ1n) is 6.37. The molecule has 1 saturated heterocycles. The highest BCUT2D eigenvalue weighted by Gasteiger charge is 2.44. The molecule has 98 valence electrons. The van der Waals surface area contributed by atoms with E-state index in [1.165, 1.54) is 0 Å².